The lowest BCUT2D eigenvalue weighted by molar-refractivity contribution is -0.145. The molecule has 0 N–H and O–H groups in total. The van der Waals surface area contributed by atoms with Crippen LogP contribution in [0.4, 0.5) is 0 Å². The van der Waals surface area contributed by atoms with Gasteiger partial charge in [0.2, 0.25) is 0 Å². The van der Waals surface area contributed by atoms with Crippen LogP contribution in [0.2, 0.25) is 5.02 Å². The summed E-state index contributed by atoms with van der Waals surface area (Å²) < 4.78 is 10.3. The third-order valence-electron chi connectivity index (χ3n) is 2.51. The molecule has 0 aliphatic rings. The topological polar surface area (TPSA) is 35.5 Å². The molecular formula is C14H17ClO3. The van der Waals surface area contributed by atoms with E-state index < -0.39 is 5.92 Å². The Hall–Kier alpha value is -1.48. The van der Waals surface area contributed by atoms with Crippen molar-refractivity contribution in [2.45, 2.75) is 19.8 Å². The molecule has 0 aromatic heterocycles. The third kappa shape index (κ3) is 4.08. The van der Waals surface area contributed by atoms with E-state index in [4.69, 9.17) is 21.1 Å². The van der Waals surface area contributed by atoms with Gasteiger partial charge in [-0.15, -0.1) is 0 Å². The molecule has 4 heteroatoms. The highest BCUT2D eigenvalue weighted by Crippen LogP contribution is 2.23. The second-order valence-corrected chi connectivity index (χ2v) is 4.32. The van der Waals surface area contributed by atoms with Crippen molar-refractivity contribution in [3.8, 4) is 5.75 Å². The van der Waals surface area contributed by atoms with E-state index in [-0.39, 0.29) is 5.97 Å². The fourth-order valence-electron chi connectivity index (χ4n) is 1.57. The normalized spacial score (nSPS) is 11.7. The summed E-state index contributed by atoms with van der Waals surface area (Å²) in [4.78, 5) is 11.6. The third-order valence-corrected chi connectivity index (χ3v) is 2.77. The van der Waals surface area contributed by atoms with Crippen LogP contribution in [-0.2, 0) is 9.53 Å². The molecule has 0 amide bonds. The van der Waals surface area contributed by atoms with Gasteiger partial charge in [0.15, 0.2) is 0 Å². The van der Waals surface area contributed by atoms with Crippen molar-refractivity contribution in [1.29, 1.82) is 0 Å². The van der Waals surface area contributed by atoms with E-state index in [1.807, 2.05) is 6.92 Å². The first kappa shape index (κ1) is 14.6. The summed E-state index contributed by atoms with van der Waals surface area (Å²) in [6.45, 7) is 5.80. The van der Waals surface area contributed by atoms with Crippen LogP contribution in [0.15, 0.2) is 36.6 Å². The average Bonchev–Trinajstić information content (AvgIpc) is 2.37. The zero-order chi connectivity index (χ0) is 13.5. The monoisotopic (exact) mass is 268 g/mol. The highest BCUT2D eigenvalue weighted by Gasteiger charge is 2.23. The Balaban J connectivity index is 2.72. The van der Waals surface area contributed by atoms with Gasteiger partial charge in [-0.1, -0.05) is 31.5 Å². The fraction of sp³-hybridized carbons (Fsp3) is 0.357. The van der Waals surface area contributed by atoms with Crippen molar-refractivity contribution >= 4 is 17.6 Å². The predicted molar refractivity (Wildman–Crippen MR) is 71.6 cm³/mol. The van der Waals surface area contributed by atoms with Crippen LogP contribution in [0, 0.1) is 5.92 Å². The Morgan fingerprint density at radius 1 is 1.39 bits per heavy atom. The molecule has 0 bridgehead atoms. The number of hydrogen-bond donors (Lipinski definition) is 0. The lowest BCUT2D eigenvalue weighted by atomic mass is 10.0. The van der Waals surface area contributed by atoms with Gasteiger partial charge in [-0.2, -0.15) is 0 Å². The molecular weight excluding hydrogens is 252 g/mol. The zero-order valence-electron chi connectivity index (χ0n) is 10.6. The minimum atomic E-state index is -0.435. The number of rotatable bonds is 6. The number of methoxy groups -OCH3 is 1. The second-order valence-electron chi connectivity index (χ2n) is 3.89. The second kappa shape index (κ2) is 7.07. The summed E-state index contributed by atoms with van der Waals surface area (Å²) in [5.41, 5.74) is 0. The van der Waals surface area contributed by atoms with Crippen LogP contribution in [0.25, 0.3) is 0 Å². The van der Waals surface area contributed by atoms with E-state index in [9.17, 15) is 4.79 Å². The van der Waals surface area contributed by atoms with Gasteiger partial charge in [0.1, 0.15) is 17.4 Å². The summed E-state index contributed by atoms with van der Waals surface area (Å²) in [5.74, 6) is 0.243. The van der Waals surface area contributed by atoms with E-state index in [1.165, 1.54) is 7.11 Å². The van der Waals surface area contributed by atoms with Crippen LogP contribution < -0.4 is 4.74 Å². The van der Waals surface area contributed by atoms with E-state index in [1.54, 1.807) is 24.3 Å². The molecule has 0 spiro atoms. The lowest BCUT2D eigenvalue weighted by Gasteiger charge is -2.17. The van der Waals surface area contributed by atoms with Gasteiger partial charge in [-0.05, 0) is 30.7 Å². The van der Waals surface area contributed by atoms with Gasteiger partial charge in [0.25, 0.3) is 0 Å². The van der Waals surface area contributed by atoms with E-state index in [2.05, 4.69) is 6.58 Å². The molecule has 3 nitrogen and oxygen atoms in total. The highest BCUT2D eigenvalue weighted by molar-refractivity contribution is 6.30. The first-order valence-corrected chi connectivity index (χ1v) is 6.16. The summed E-state index contributed by atoms with van der Waals surface area (Å²) in [6.07, 6.45) is 1.50. The predicted octanol–water partition coefficient (Wildman–Crippen LogP) is 3.82. The first-order chi connectivity index (χ1) is 8.58. The van der Waals surface area contributed by atoms with Gasteiger partial charge in [-0.25, -0.2) is 0 Å². The molecule has 0 fully saturated rings. The molecule has 0 saturated heterocycles. The highest BCUT2D eigenvalue weighted by atomic mass is 35.5. The van der Waals surface area contributed by atoms with Gasteiger partial charge in [0, 0.05) is 5.02 Å². The molecule has 1 rings (SSSR count). The van der Waals surface area contributed by atoms with Crippen molar-refractivity contribution in [2.24, 2.45) is 5.92 Å². The number of ether oxygens (including phenoxy) is 2. The summed E-state index contributed by atoms with van der Waals surface area (Å²) in [7, 11) is 1.36. The van der Waals surface area contributed by atoms with Crippen molar-refractivity contribution in [2.75, 3.05) is 7.11 Å². The van der Waals surface area contributed by atoms with Crippen LogP contribution in [-0.4, -0.2) is 13.1 Å². The van der Waals surface area contributed by atoms with Crippen molar-refractivity contribution in [3.63, 3.8) is 0 Å². The van der Waals surface area contributed by atoms with Crippen molar-refractivity contribution in [1.82, 2.24) is 0 Å². The molecule has 98 valence electrons. The maximum Gasteiger partial charge on any atom is 0.316 e. The van der Waals surface area contributed by atoms with Gasteiger partial charge >= 0.3 is 5.97 Å². The molecule has 0 aliphatic carbocycles. The smallest absolute Gasteiger partial charge is 0.316 e. The molecule has 0 radical (unpaired) electrons. The zero-order valence-corrected chi connectivity index (χ0v) is 11.4. The molecule has 1 atom stereocenters. The fourth-order valence-corrected chi connectivity index (χ4v) is 1.69. The maximum atomic E-state index is 11.6. The first-order valence-electron chi connectivity index (χ1n) is 5.78. The Morgan fingerprint density at radius 3 is 2.50 bits per heavy atom. The summed E-state index contributed by atoms with van der Waals surface area (Å²) >= 11 is 5.78. The molecule has 1 aromatic rings. The maximum absolute atomic E-state index is 11.6. The molecule has 18 heavy (non-hydrogen) atoms. The van der Waals surface area contributed by atoms with E-state index in [0.717, 1.165) is 6.42 Å². The van der Waals surface area contributed by atoms with Crippen molar-refractivity contribution < 1.29 is 14.3 Å². The van der Waals surface area contributed by atoms with Crippen LogP contribution in [0.5, 0.6) is 5.75 Å². The summed E-state index contributed by atoms with van der Waals surface area (Å²) in [5, 5.41) is 0.631. The molecule has 1 aromatic carbocycles. The number of esters is 1. The Labute approximate surface area is 112 Å². The largest absolute Gasteiger partial charge is 0.468 e. The molecule has 0 saturated carbocycles. The molecule has 0 heterocycles. The number of carbonyl (C=O) groups is 1. The number of carbonyl (C=O) groups excluding carboxylic acids is 1. The van der Waals surface area contributed by atoms with Crippen molar-refractivity contribution in [3.05, 3.63) is 41.6 Å². The standard InChI is InChI=1S/C14H17ClO3/c1-4-5-13(14(16)17-3)10(2)18-12-8-6-11(15)7-9-12/h6-9,13H,2,4-5H2,1,3H3. The molecule has 1 unspecified atom stereocenters. The Kier molecular flexibility index (Phi) is 5.72. The molecule has 0 aliphatic heterocycles. The number of hydrogen-bond acceptors (Lipinski definition) is 3. The quantitative estimate of drug-likeness (QED) is 0.581. The SMILES string of the molecule is C=C(Oc1ccc(Cl)cc1)C(CCC)C(=O)OC. The number of halogens is 1. The minimum Gasteiger partial charge on any atom is -0.468 e. The minimum absolute atomic E-state index is 0.323. The van der Waals surface area contributed by atoms with Crippen LogP contribution in [0.1, 0.15) is 19.8 Å². The number of benzene rings is 1. The van der Waals surface area contributed by atoms with E-state index >= 15 is 0 Å². The van der Waals surface area contributed by atoms with Gasteiger partial charge in [0.05, 0.1) is 7.11 Å². The Morgan fingerprint density at radius 2 is 2.00 bits per heavy atom. The lowest BCUT2D eigenvalue weighted by Crippen LogP contribution is -2.20. The van der Waals surface area contributed by atoms with Crippen LogP contribution >= 0.6 is 11.6 Å². The average molecular weight is 269 g/mol. The summed E-state index contributed by atoms with van der Waals surface area (Å²) in [6, 6.07) is 6.90. The van der Waals surface area contributed by atoms with Crippen LogP contribution in [0.3, 0.4) is 0 Å². The van der Waals surface area contributed by atoms with Gasteiger partial charge in [-0.3, -0.25) is 4.79 Å². The van der Waals surface area contributed by atoms with E-state index in [0.29, 0.717) is 23.0 Å². The van der Waals surface area contributed by atoms with Gasteiger partial charge < -0.3 is 9.47 Å². The Bertz CT molecular complexity index is 412.